The van der Waals surface area contributed by atoms with Gasteiger partial charge in [0.25, 0.3) is 5.91 Å². The molecule has 0 aliphatic carbocycles. The first-order valence-corrected chi connectivity index (χ1v) is 6.80. The van der Waals surface area contributed by atoms with Gasteiger partial charge in [-0.05, 0) is 54.8 Å². The van der Waals surface area contributed by atoms with Gasteiger partial charge in [0.2, 0.25) is 0 Å². The normalized spacial score (nSPS) is 10.3. The zero-order valence-electron chi connectivity index (χ0n) is 11.8. The molecule has 0 saturated heterocycles. The highest BCUT2D eigenvalue weighted by Crippen LogP contribution is 2.18. The molecule has 0 atom stereocenters. The van der Waals surface area contributed by atoms with Gasteiger partial charge in [-0.2, -0.15) is 0 Å². The molecule has 2 N–H and O–H groups in total. The number of phenolic OH excluding ortho intramolecular Hbond substituents is 1. The molecule has 20 heavy (non-hydrogen) atoms. The first-order chi connectivity index (χ1) is 9.60. The highest BCUT2D eigenvalue weighted by atomic mass is 16.3. The number of carbonyl (C=O) groups excluding carboxylic acids is 1. The summed E-state index contributed by atoms with van der Waals surface area (Å²) in [7, 11) is 0. The van der Waals surface area contributed by atoms with E-state index >= 15 is 0 Å². The van der Waals surface area contributed by atoms with E-state index in [0.717, 1.165) is 24.1 Å². The van der Waals surface area contributed by atoms with E-state index < -0.39 is 0 Å². The lowest BCUT2D eigenvalue weighted by atomic mass is 10.1. The fourth-order valence-corrected chi connectivity index (χ4v) is 2.14. The minimum Gasteiger partial charge on any atom is -0.508 e. The standard InChI is InChI=1S/C17H19NO2/c1-3-4-13-5-7-14(8-6-13)18-17(20)16-10-9-15(19)11-12(16)2/h5-11,19H,3-4H2,1-2H3,(H,18,20). The predicted octanol–water partition coefficient (Wildman–Crippen LogP) is 3.91. The van der Waals surface area contributed by atoms with Gasteiger partial charge in [0.1, 0.15) is 5.75 Å². The van der Waals surface area contributed by atoms with Crippen LogP contribution in [0.1, 0.15) is 34.8 Å². The van der Waals surface area contributed by atoms with E-state index in [1.54, 1.807) is 19.1 Å². The van der Waals surface area contributed by atoms with Crippen LogP contribution >= 0.6 is 0 Å². The average Bonchev–Trinajstić information content (AvgIpc) is 2.41. The van der Waals surface area contributed by atoms with Crippen molar-refractivity contribution >= 4 is 11.6 Å². The molecular formula is C17H19NO2. The van der Waals surface area contributed by atoms with Crippen LogP contribution in [-0.4, -0.2) is 11.0 Å². The Morgan fingerprint density at radius 2 is 1.85 bits per heavy atom. The van der Waals surface area contributed by atoms with Crippen molar-refractivity contribution in [3.63, 3.8) is 0 Å². The number of carbonyl (C=O) groups is 1. The molecule has 3 nitrogen and oxygen atoms in total. The molecule has 0 aromatic heterocycles. The Bertz CT molecular complexity index is 603. The van der Waals surface area contributed by atoms with Gasteiger partial charge < -0.3 is 10.4 Å². The van der Waals surface area contributed by atoms with Crippen LogP contribution in [0.2, 0.25) is 0 Å². The molecule has 0 unspecified atom stereocenters. The van der Waals surface area contributed by atoms with Gasteiger partial charge in [0.05, 0.1) is 0 Å². The number of hydrogen-bond donors (Lipinski definition) is 2. The Morgan fingerprint density at radius 1 is 1.15 bits per heavy atom. The van der Waals surface area contributed by atoms with E-state index in [9.17, 15) is 9.90 Å². The maximum absolute atomic E-state index is 12.2. The maximum atomic E-state index is 12.2. The lowest BCUT2D eigenvalue weighted by Crippen LogP contribution is -2.13. The van der Waals surface area contributed by atoms with E-state index in [2.05, 4.69) is 12.2 Å². The number of nitrogens with one attached hydrogen (secondary N) is 1. The number of phenols is 1. The molecule has 0 heterocycles. The third kappa shape index (κ3) is 3.38. The third-order valence-electron chi connectivity index (χ3n) is 3.21. The molecule has 0 saturated carbocycles. The van der Waals surface area contributed by atoms with Crippen LogP contribution in [0.25, 0.3) is 0 Å². The smallest absolute Gasteiger partial charge is 0.255 e. The van der Waals surface area contributed by atoms with Crippen LogP contribution in [-0.2, 0) is 6.42 Å². The number of anilines is 1. The summed E-state index contributed by atoms with van der Waals surface area (Å²) in [5.74, 6) is 0.00806. The topological polar surface area (TPSA) is 49.3 Å². The molecular weight excluding hydrogens is 250 g/mol. The van der Waals surface area contributed by atoms with Crippen molar-refractivity contribution in [3.05, 3.63) is 59.2 Å². The van der Waals surface area contributed by atoms with Gasteiger partial charge in [-0.25, -0.2) is 0 Å². The summed E-state index contributed by atoms with van der Waals surface area (Å²) in [6.07, 6.45) is 2.16. The van der Waals surface area contributed by atoms with Crippen molar-refractivity contribution in [1.82, 2.24) is 0 Å². The van der Waals surface area contributed by atoms with Gasteiger partial charge in [-0.15, -0.1) is 0 Å². The zero-order chi connectivity index (χ0) is 14.5. The minimum absolute atomic E-state index is 0.161. The lowest BCUT2D eigenvalue weighted by molar-refractivity contribution is 0.102. The van der Waals surface area contributed by atoms with E-state index in [1.807, 2.05) is 24.3 Å². The first kappa shape index (κ1) is 14.1. The molecule has 0 aliphatic rings. The maximum Gasteiger partial charge on any atom is 0.255 e. The van der Waals surface area contributed by atoms with Gasteiger partial charge in [-0.1, -0.05) is 25.5 Å². The van der Waals surface area contributed by atoms with Crippen molar-refractivity contribution < 1.29 is 9.90 Å². The summed E-state index contributed by atoms with van der Waals surface area (Å²) >= 11 is 0. The summed E-state index contributed by atoms with van der Waals surface area (Å²) in [6, 6.07) is 12.6. The zero-order valence-corrected chi connectivity index (χ0v) is 11.8. The average molecular weight is 269 g/mol. The number of rotatable bonds is 4. The Morgan fingerprint density at radius 3 is 2.45 bits per heavy atom. The highest BCUT2D eigenvalue weighted by molar-refractivity contribution is 6.05. The largest absolute Gasteiger partial charge is 0.508 e. The van der Waals surface area contributed by atoms with Crippen LogP contribution in [0, 0.1) is 6.92 Å². The summed E-state index contributed by atoms with van der Waals surface area (Å²) in [6.45, 7) is 3.95. The van der Waals surface area contributed by atoms with Gasteiger partial charge in [-0.3, -0.25) is 4.79 Å². The Labute approximate surface area is 119 Å². The highest BCUT2D eigenvalue weighted by Gasteiger charge is 2.09. The van der Waals surface area contributed by atoms with E-state index in [0.29, 0.717) is 5.56 Å². The third-order valence-corrected chi connectivity index (χ3v) is 3.21. The molecule has 0 bridgehead atoms. The molecule has 2 aromatic carbocycles. The van der Waals surface area contributed by atoms with Crippen LogP contribution in [0.15, 0.2) is 42.5 Å². The lowest BCUT2D eigenvalue weighted by Gasteiger charge is -2.08. The van der Waals surface area contributed by atoms with Gasteiger partial charge in [0, 0.05) is 11.3 Å². The minimum atomic E-state index is -0.161. The van der Waals surface area contributed by atoms with E-state index in [4.69, 9.17) is 0 Å². The second-order valence-corrected chi connectivity index (χ2v) is 4.90. The number of aromatic hydroxyl groups is 1. The van der Waals surface area contributed by atoms with Crippen LogP contribution in [0.5, 0.6) is 5.75 Å². The van der Waals surface area contributed by atoms with Gasteiger partial charge in [0.15, 0.2) is 0 Å². The van der Waals surface area contributed by atoms with Crippen LogP contribution < -0.4 is 5.32 Å². The number of aryl methyl sites for hydroxylation is 2. The quantitative estimate of drug-likeness (QED) is 0.884. The fraction of sp³-hybridized carbons (Fsp3) is 0.235. The van der Waals surface area contributed by atoms with Gasteiger partial charge >= 0.3 is 0 Å². The van der Waals surface area contributed by atoms with Crippen molar-refractivity contribution in [2.75, 3.05) is 5.32 Å². The summed E-state index contributed by atoms with van der Waals surface area (Å²) < 4.78 is 0. The monoisotopic (exact) mass is 269 g/mol. The summed E-state index contributed by atoms with van der Waals surface area (Å²) in [5, 5.41) is 12.2. The molecule has 104 valence electrons. The Kier molecular flexibility index (Phi) is 4.41. The van der Waals surface area contributed by atoms with Crippen molar-refractivity contribution in [2.24, 2.45) is 0 Å². The molecule has 0 spiro atoms. The fourth-order valence-electron chi connectivity index (χ4n) is 2.14. The van der Waals surface area contributed by atoms with Crippen LogP contribution in [0.3, 0.4) is 0 Å². The van der Waals surface area contributed by atoms with Crippen molar-refractivity contribution in [1.29, 1.82) is 0 Å². The number of amides is 1. The van der Waals surface area contributed by atoms with E-state index in [-0.39, 0.29) is 11.7 Å². The Balaban J connectivity index is 2.11. The summed E-state index contributed by atoms with van der Waals surface area (Å²) in [5.41, 5.74) is 3.37. The second kappa shape index (κ2) is 6.24. The molecule has 1 amide bonds. The van der Waals surface area contributed by atoms with E-state index in [1.165, 1.54) is 11.6 Å². The first-order valence-electron chi connectivity index (χ1n) is 6.80. The van der Waals surface area contributed by atoms with Crippen LogP contribution in [0.4, 0.5) is 5.69 Å². The molecule has 2 aromatic rings. The molecule has 0 radical (unpaired) electrons. The predicted molar refractivity (Wildman–Crippen MR) is 81.2 cm³/mol. The Hall–Kier alpha value is -2.29. The number of hydrogen-bond acceptors (Lipinski definition) is 2. The SMILES string of the molecule is CCCc1ccc(NC(=O)c2ccc(O)cc2C)cc1. The second-order valence-electron chi connectivity index (χ2n) is 4.90. The molecule has 2 rings (SSSR count). The van der Waals surface area contributed by atoms with Crippen molar-refractivity contribution in [2.45, 2.75) is 26.7 Å². The number of benzene rings is 2. The van der Waals surface area contributed by atoms with Crippen molar-refractivity contribution in [3.8, 4) is 5.75 Å². The molecule has 0 fully saturated rings. The molecule has 3 heteroatoms. The summed E-state index contributed by atoms with van der Waals surface area (Å²) in [4.78, 5) is 12.2. The molecule has 0 aliphatic heterocycles.